The lowest BCUT2D eigenvalue weighted by molar-refractivity contribution is -0.114. The highest BCUT2D eigenvalue weighted by Gasteiger charge is 2.16. The minimum Gasteiger partial charge on any atom is -0.493 e. The third-order valence-electron chi connectivity index (χ3n) is 3.61. The van der Waals surface area contributed by atoms with Crippen LogP contribution in [0.1, 0.15) is 30.3 Å². The normalized spacial score (nSPS) is 15.5. The number of rotatable bonds is 2. The van der Waals surface area contributed by atoms with Crippen LogP contribution in [0.25, 0.3) is 12.2 Å². The van der Waals surface area contributed by atoms with Gasteiger partial charge in [0.25, 0.3) is 5.91 Å². The zero-order valence-corrected chi connectivity index (χ0v) is 14.7. The van der Waals surface area contributed by atoms with Crippen LogP contribution in [0, 0.1) is 10.9 Å². The molecule has 0 saturated carbocycles. The van der Waals surface area contributed by atoms with Crippen molar-refractivity contribution < 1.29 is 9.90 Å². The molecule has 2 heterocycles. The summed E-state index contributed by atoms with van der Waals surface area (Å²) in [6, 6.07) is 5.82. The molecule has 2 aromatic rings. The molecule has 1 amide bonds. The van der Waals surface area contributed by atoms with Gasteiger partial charge in [-0.15, -0.1) is 11.3 Å². The smallest absolute Gasteiger partial charge is 0.277 e. The average Bonchev–Trinajstić information content (AvgIpc) is 2.74. The van der Waals surface area contributed by atoms with Crippen LogP contribution in [0.2, 0.25) is 0 Å². The van der Waals surface area contributed by atoms with E-state index in [1.807, 2.05) is 39.0 Å². The average molecular weight is 344 g/mol. The summed E-state index contributed by atoms with van der Waals surface area (Å²) in [5.41, 5.74) is 1.55. The van der Waals surface area contributed by atoms with Crippen LogP contribution in [0.5, 0.6) is 5.88 Å². The van der Waals surface area contributed by atoms with E-state index in [2.05, 4.69) is 4.99 Å². The Morgan fingerprint density at radius 1 is 1.39 bits per heavy atom. The number of aryl methyl sites for hydroxylation is 1. The number of thiazole rings is 1. The second-order valence-electron chi connectivity index (χ2n) is 5.74. The van der Waals surface area contributed by atoms with Crippen molar-refractivity contribution in [2.75, 3.05) is 0 Å². The van der Waals surface area contributed by atoms with Gasteiger partial charge < -0.3 is 5.11 Å². The molecule has 23 heavy (non-hydrogen) atoms. The van der Waals surface area contributed by atoms with E-state index in [-0.39, 0.29) is 17.8 Å². The molecule has 0 aliphatic carbocycles. The molecule has 0 saturated heterocycles. The highest BCUT2D eigenvalue weighted by molar-refractivity contribution is 7.73. The number of amides is 1. The Bertz CT molecular complexity index is 1010. The molecule has 0 atom stereocenters. The van der Waals surface area contributed by atoms with Gasteiger partial charge in [0.05, 0.1) is 10.2 Å². The Kier molecular flexibility index (Phi) is 4.04. The van der Waals surface area contributed by atoms with E-state index < -0.39 is 0 Å². The first-order valence-corrected chi connectivity index (χ1v) is 8.46. The van der Waals surface area contributed by atoms with E-state index in [0.29, 0.717) is 19.8 Å². The van der Waals surface area contributed by atoms with Crippen molar-refractivity contribution in [2.45, 2.75) is 26.8 Å². The summed E-state index contributed by atoms with van der Waals surface area (Å²) in [6.45, 7) is 5.89. The number of aromatic hydroxyl groups is 1. The van der Waals surface area contributed by atoms with Gasteiger partial charge in [-0.25, -0.2) is 4.99 Å². The Morgan fingerprint density at radius 2 is 2.13 bits per heavy atom. The van der Waals surface area contributed by atoms with Crippen molar-refractivity contribution in [3.63, 3.8) is 0 Å². The van der Waals surface area contributed by atoms with Gasteiger partial charge in [-0.3, -0.25) is 9.36 Å². The van der Waals surface area contributed by atoms with E-state index in [1.165, 1.54) is 11.3 Å². The minimum absolute atomic E-state index is 0.0602. The van der Waals surface area contributed by atoms with Crippen LogP contribution in [0.3, 0.4) is 0 Å². The summed E-state index contributed by atoms with van der Waals surface area (Å²) in [7, 11) is 0. The Hall–Kier alpha value is -2.05. The summed E-state index contributed by atoms with van der Waals surface area (Å²) < 4.78 is 2.26. The van der Waals surface area contributed by atoms with Crippen LogP contribution in [-0.4, -0.2) is 15.6 Å². The Balaban J connectivity index is 2.16. The molecule has 1 aromatic heterocycles. The molecule has 1 aromatic carbocycles. The minimum atomic E-state index is -0.309. The van der Waals surface area contributed by atoms with E-state index in [1.54, 1.807) is 16.7 Å². The van der Waals surface area contributed by atoms with Crippen molar-refractivity contribution in [3.8, 4) is 5.88 Å². The standard InChI is InChI=1S/C17H16N2O2S2/c1-9(2)19-16(21)14(23-17(19)22)8-12-7-11-6-10(3)4-5-13(11)18-15(12)20/h4-9,21H,1-3H3/b12-8+. The third-order valence-corrected chi connectivity index (χ3v) is 4.95. The first-order valence-electron chi connectivity index (χ1n) is 7.24. The predicted octanol–water partition coefficient (Wildman–Crippen LogP) is 2.90. The van der Waals surface area contributed by atoms with E-state index in [9.17, 15) is 9.90 Å². The van der Waals surface area contributed by atoms with Gasteiger partial charge >= 0.3 is 0 Å². The summed E-state index contributed by atoms with van der Waals surface area (Å²) in [5.74, 6) is -0.213. The largest absolute Gasteiger partial charge is 0.493 e. The van der Waals surface area contributed by atoms with Crippen LogP contribution in [0.15, 0.2) is 28.8 Å². The maximum atomic E-state index is 12.2. The highest BCUT2D eigenvalue weighted by atomic mass is 32.1. The molecule has 0 bridgehead atoms. The van der Waals surface area contributed by atoms with Crippen molar-refractivity contribution in [2.24, 2.45) is 4.99 Å². The predicted molar refractivity (Wildman–Crippen MR) is 94.6 cm³/mol. The van der Waals surface area contributed by atoms with Crippen LogP contribution in [-0.2, 0) is 4.79 Å². The van der Waals surface area contributed by atoms with Crippen molar-refractivity contribution in [1.29, 1.82) is 0 Å². The van der Waals surface area contributed by atoms with Gasteiger partial charge in [-0.2, -0.15) is 0 Å². The number of benzene rings is 1. The highest BCUT2D eigenvalue weighted by Crippen LogP contribution is 2.31. The fourth-order valence-corrected chi connectivity index (χ4v) is 4.01. The molecule has 3 rings (SSSR count). The SMILES string of the molecule is Cc1ccc2c(c1)=C/C(=C\c1sc(=S)n(C(C)C)c1O)C(=O)N=2. The summed E-state index contributed by atoms with van der Waals surface area (Å²) in [5, 5.41) is 11.9. The second-order valence-corrected chi connectivity index (χ2v) is 7.42. The van der Waals surface area contributed by atoms with Crippen LogP contribution < -0.4 is 10.6 Å². The molecular formula is C17H16N2O2S2. The number of nitrogens with zero attached hydrogens (tertiary/aromatic N) is 2. The summed E-state index contributed by atoms with van der Waals surface area (Å²) in [6.07, 6.45) is 3.46. The molecule has 0 radical (unpaired) electrons. The molecule has 4 nitrogen and oxygen atoms in total. The lowest BCUT2D eigenvalue weighted by atomic mass is 10.1. The fraction of sp³-hybridized carbons (Fsp3) is 0.235. The first-order chi connectivity index (χ1) is 10.9. The second kappa shape index (κ2) is 5.86. The molecule has 1 N–H and O–H groups in total. The topological polar surface area (TPSA) is 54.6 Å². The molecular weight excluding hydrogens is 328 g/mol. The summed E-state index contributed by atoms with van der Waals surface area (Å²) in [4.78, 5) is 16.9. The number of hydrogen-bond acceptors (Lipinski definition) is 4. The lowest BCUT2D eigenvalue weighted by Gasteiger charge is -2.08. The number of hydrogen-bond donors (Lipinski definition) is 1. The van der Waals surface area contributed by atoms with E-state index >= 15 is 0 Å². The van der Waals surface area contributed by atoms with Crippen molar-refractivity contribution in [3.05, 3.63) is 48.7 Å². The van der Waals surface area contributed by atoms with Crippen LogP contribution >= 0.6 is 23.6 Å². The molecule has 1 aliphatic rings. The molecule has 6 heteroatoms. The van der Waals surface area contributed by atoms with Crippen LogP contribution in [0.4, 0.5) is 0 Å². The Morgan fingerprint density at radius 3 is 2.78 bits per heavy atom. The molecule has 0 spiro atoms. The summed E-state index contributed by atoms with van der Waals surface area (Å²) >= 11 is 6.57. The zero-order valence-electron chi connectivity index (χ0n) is 13.0. The Labute approximate surface area is 142 Å². The monoisotopic (exact) mass is 344 g/mol. The molecule has 118 valence electrons. The zero-order chi connectivity index (χ0) is 16.7. The third kappa shape index (κ3) is 2.92. The van der Waals surface area contributed by atoms with Gasteiger partial charge in [0.2, 0.25) is 5.88 Å². The van der Waals surface area contributed by atoms with E-state index in [0.717, 1.165) is 10.8 Å². The lowest BCUT2D eigenvalue weighted by Crippen LogP contribution is -2.30. The molecule has 1 aliphatic heterocycles. The maximum Gasteiger partial charge on any atom is 0.277 e. The fourth-order valence-electron chi connectivity index (χ4n) is 2.48. The van der Waals surface area contributed by atoms with Gasteiger partial charge in [0, 0.05) is 16.8 Å². The van der Waals surface area contributed by atoms with Gasteiger partial charge in [-0.1, -0.05) is 11.6 Å². The number of aromatic nitrogens is 1. The number of carbonyl (C=O) groups excluding carboxylic acids is 1. The van der Waals surface area contributed by atoms with Crippen molar-refractivity contribution >= 4 is 41.6 Å². The van der Waals surface area contributed by atoms with Gasteiger partial charge in [0.1, 0.15) is 0 Å². The van der Waals surface area contributed by atoms with Crippen molar-refractivity contribution in [1.82, 2.24) is 4.57 Å². The van der Waals surface area contributed by atoms with Gasteiger partial charge in [-0.05, 0) is 57.3 Å². The number of fused-ring (bicyclic) bond motifs is 1. The number of carbonyl (C=O) groups is 1. The maximum absolute atomic E-state index is 12.2. The molecule has 0 fully saturated rings. The van der Waals surface area contributed by atoms with E-state index in [4.69, 9.17) is 12.2 Å². The quantitative estimate of drug-likeness (QED) is 0.673. The van der Waals surface area contributed by atoms with Gasteiger partial charge in [0.15, 0.2) is 3.95 Å². The molecule has 0 unspecified atom stereocenters. The first kappa shape index (κ1) is 15.8.